The van der Waals surface area contributed by atoms with Gasteiger partial charge in [0.15, 0.2) is 10.9 Å². The number of benzene rings is 2. The van der Waals surface area contributed by atoms with E-state index >= 15 is 0 Å². The van der Waals surface area contributed by atoms with Gasteiger partial charge >= 0.3 is 5.69 Å². The summed E-state index contributed by atoms with van der Waals surface area (Å²) in [6, 6.07) is 13.7. The van der Waals surface area contributed by atoms with Crippen molar-refractivity contribution in [3.05, 3.63) is 69.1 Å². The van der Waals surface area contributed by atoms with E-state index in [-0.39, 0.29) is 17.0 Å². The number of aromatic nitrogens is 1. The van der Waals surface area contributed by atoms with Crippen molar-refractivity contribution >= 4 is 28.1 Å². The van der Waals surface area contributed by atoms with Crippen LogP contribution in [0, 0.1) is 17.0 Å². The number of hydrogen-bond donors (Lipinski definition) is 1. The second-order valence-electron chi connectivity index (χ2n) is 5.39. The molecule has 0 aliphatic heterocycles. The van der Waals surface area contributed by atoms with Gasteiger partial charge in [-0.05, 0) is 19.1 Å². The van der Waals surface area contributed by atoms with Crippen LogP contribution in [0.5, 0.6) is 5.75 Å². The summed E-state index contributed by atoms with van der Waals surface area (Å²) in [7, 11) is 1.34. The number of ether oxygens (including phenoxy) is 1. The fourth-order valence-electron chi connectivity index (χ4n) is 2.46. The molecular formula is C18H15N3O4S. The van der Waals surface area contributed by atoms with E-state index in [1.807, 2.05) is 37.3 Å². The fourth-order valence-corrected chi connectivity index (χ4v) is 3.29. The van der Waals surface area contributed by atoms with Crippen LogP contribution in [0.4, 0.5) is 10.8 Å². The molecular weight excluding hydrogens is 354 g/mol. The van der Waals surface area contributed by atoms with Gasteiger partial charge in [0.1, 0.15) is 0 Å². The molecule has 2 aromatic carbocycles. The lowest BCUT2D eigenvalue weighted by Gasteiger charge is -2.05. The number of carbonyl (C=O) groups excluding carboxylic acids is 1. The third-order valence-electron chi connectivity index (χ3n) is 3.70. The molecule has 3 rings (SSSR count). The second-order valence-corrected chi connectivity index (χ2v) is 6.59. The maximum atomic E-state index is 12.4. The quantitative estimate of drug-likeness (QED) is 0.535. The average Bonchev–Trinajstić information content (AvgIpc) is 3.01. The molecule has 8 heteroatoms. The number of hydrogen-bond acceptors (Lipinski definition) is 6. The average molecular weight is 369 g/mol. The molecule has 0 saturated carbocycles. The number of thiazole rings is 1. The molecule has 0 fully saturated rings. The molecule has 0 aliphatic rings. The summed E-state index contributed by atoms with van der Waals surface area (Å²) >= 11 is 1.35. The molecule has 0 saturated heterocycles. The molecule has 1 amide bonds. The molecule has 0 aliphatic carbocycles. The normalized spacial score (nSPS) is 10.4. The van der Waals surface area contributed by atoms with Crippen LogP contribution in [0.15, 0.2) is 48.5 Å². The van der Waals surface area contributed by atoms with E-state index in [9.17, 15) is 14.9 Å². The van der Waals surface area contributed by atoms with E-state index in [1.54, 1.807) is 0 Å². The van der Waals surface area contributed by atoms with Crippen LogP contribution in [0.25, 0.3) is 11.3 Å². The van der Waals surface area contributed by atoms with Gasteiger partial charge in [-0.3, -0.25) is 20.2 Å². The molecule has 1 heterocycles. The lowest BCUT2D eigenvalue weighted by atomic mass is 10.1. The van der Waals surface area contributed by atoms with Crippen molar-refractivity contribution in [2.24, 2.45) is 0 Å². The van der Waals surface area contributed by atoms with Crippen molar-refractivity contribution in [1.82, 2.24) is 4.98 Å². The number of carbonyl (C=O) groups is 1. The molecule has 1 N–H and O–H groups in total. The highest BCUT2D eigenvalue weighted by atomic mass is 32.1. The number of rotatable bonds is 5. The molecule has 7 nitrogen and oxygen atoms in total. The molecule has 26 heavy (non-hydrogen) atoms. The molecule has 0 radical (unpaired) electrons. The summed E-state index contributed by atoms with van der Waals surface area (Å²) in [6.07, 6.45) is 0. The van der Waals surface area contributed by atoms with Crippen molar-refractivity contribution in [1.29, 1.82) is 0 Å². The van der Waals surface area contributed by atoms with Gasteiger partial charge in [0.25, 0.3) is 5.91 Å². The van der Waals surface area contributed by atoms with Crippen molar-refractivity contribution < 1.29 is 14.5 Å². The van der Waals surface area contributed by atoms with Crippen LogP contribution in [0.2, 0.25) is 0 Å². The summed E-state index contributed by atoms with van der Waals surface area (Å²) in [5.41, 5.74) is 1.65. The van der Waals surface area contributed by atoms with Gasteiger partial charge in [0, 0.05) is 22.1 Å². The Labute approximate surface area is 153 Å². The highest BCUT2D eigenvalue weighted by Crippen LogP contribution is 2.31. The van der Waals surface area contributed by atoms with Crippen LogP contribution in [0.1, 0.15) is 15.2 Å². The van der Waals surface area contributed by atoms with Crippen LogP contribution >= 0.6 is 11.3 Å². The maximum Gasteiger partial charge on any atom is 0.311 e. The Morgan fingerprint density at radius 3 is 2.62 bits per heavy atom. The standard InChI is InChI=1S/C18H15N3O4S/c1-11-16(12-6-4-3-5-7-12)19-18(26-11)20-17(22)13-8-9-15(25-2)14(10-13)21(23)24/h3-10H,1-2H3,(H,19,20,22). The predicted octanol–water partition coefficient (Wildman–Crippen LogP) is 4.29. The van der Waals surface area contributed by atoms with Crippen molar-refractivity contribution in [2.45, 2.75) is 6.92 Å². The monoisotopic (exact) mass is 369 g/mol. The first-order chi connectivity index (χ1) is 12.5. The van der Waals surface area contributed by atoms with E-state index < -0.39 is 10.8 Å². The first-order valence-electron chi connectivity index (χ1n) is 7.66. The SMILES string of the molecule is COc1ccc(C(=O)Nc2nc(-c3ccccc3)c(C)s2)cc1[N+](=O)[O-]. The number of nitro groups is 1. The van der Waals surface area contributed by atoms with Crippen LogP contribution in [0.3, 0.4) is 0 Å². The Morgan fingerprint density at radius 1 is 1.23 bits per heavy atom. The summed E-state index contributed by atoms with van der Waals surface area (Å²) in [6.45, 7) is 1.92. The van der Waals surface area contributed by atoms with E-state index in [4.69, 9.17) is 4.74 Å². The molecule has 132 valence electrons. The molecule has 0 spiro atoms. The van der Waals surface area contributed by atoms with Crippen LogP contribution in [-0.4, -0.2) is 22.9 Å². The number of methoxy groups -OCH3 is 1. The molecule has 0 unspecified atom stereocenters. The minimum Gasteiger partial charge on any atom is -0.490 e. The number of nitro benzene ring substituents is 1. The van der Waals surface area contributed by atoms with Gasteiger partial charge < -0.3 is 4.74 Å². The summed E-state index contributed by atoms with van der Waals surface area (Å²) in [5.74, 6) is -0.368. The smallest absolute Gasteiger partial charge is 0.311 e. The third-order valence-corrected chi connectivity index (χ3v) is 4.59. The van der Waals surface area contributed by atoms with Crippen LogP contribution in [-0.2, 0) is 0 Å². The maximum absolute atomic E-state index is 12.4. The van der Waals surface area contributed by atoms with Gasteiger partial charge in [0.05, 0.1) is 17.7 Å². The summed E-state index contributed by atoms with van der Waals surface area (Å²) in [5, 5.41) is 14.2. The van der Waals surface area contributed by atoms with Crippen molar-refractivity contribution in [2.75, 3.05) is 12.4 Å². The highest BCUT2D eigenvalue weighted by molar-refractivity contribution is 7.16. The number of amides is 1. The first-order valence-corrected chi connectivity index (χ1v) is 8.48. The summed E-state index contributed by atoms with van der Waals surface area (Å²) in [4.78, 5) is 28.4. The molecule has 0 bridgehead atoms. The lowest BCUT2D eigenvalue weighted by molar-refractivity contribution is -0.385. The van der Waals surface area contributed by atoms with Gasteiger partial charge in [-0.2, -0.15) is 0 Å². The minimum absolute atomic E-state index is 0.100. The van der Waals surface area contributed by atoms with E-state index in [2.05, 4.69) is 10.3 Å². The molecule has 1 aromatic heterocycles. The van der Waals surface area contributed by atoms with Gasteiger partial charge in [-0.25, -0.2) is 4.98 Å². The zero-order valence-electron chi connectivity index (χ0n) is 14.1. The van der Waals surface area contributed by atoms with Gasteiger partial charge in [-0.1, -0.05) is 30.3 Å². The van der Waals surface area contributed by atoms with Crippen molar-refractivity contribution in [3.63, 3.8) is 0 Å². The fraction of sp³-hybridized carbons (Fsp3) is 0.111. The number of nitrogens with one attached hydrogen (secondary N) is 1. The minimum atomic E-state index is -0.587. The van der Waals surface area contributed by atoms with E-state index in [1.165, 1.54) is 36.6 Å². The Kier molecular flexibility index (Phi) is 4.94. The number of anilines is 1. The largest absolute Gasteiger partial charge is 0.490 e. The number of nitrogens with zero attached hydrogens (tertiary/aromatic N) is 2. The molecule has 0 atom stereocenters. The van der Waals surface area contributed by atoms with Crippen molar-refractivity contribution in [3.8, 4) is 17.0 Å². The van der Waals surface area contributed by atoms with E-state index in [0.29, 0.717) is 5.13 Å². The topological polar surface area (TPSA) is 94.4 Å². The summed E-state index contributed by atoms with van der Waals surface area (Å²) < 4.78 is 4.94. The Hall–Kier alpha value is -3.26. The molecule has 3 aromatic rings. The third kappa shape index (κ3) is 3.55. The lowest BCUT2D eigenvalue weighted by Crippen LogP contribution is -2.12. The Bertz CT molecular complexity index is 970. The Morgan fingerprint density at radius 2 is 1.96 bits per heavy atom. The Balaban J connectivity index is 1.85. The van der Waals surface area contributed by atoms with E-state index in [0.717, 1.165) is 16.1 Å². The number of aryl methyl sites for hydroxylation is 1. The van der Waals surface area contributed by atoms with Crippen LogP contribution < -0.4 is 10.1 Å². The predicted molar refractivity (Wildman–Crippen MR) is 99.9 cm³/mol. The second kappa shape index (κ2) is 7.32. The highest BCUT2D eigenvalue weighted by Gasteiger charge is 2.19. The first kappa shape index (κ1) is 17.6. The zero-order valence-corrected chi connectivity index (χ0v) is 14.9. The van der Waals surface area contributed by atoms with Gasteiger partial charge in [-0.15, -0.1) is 11.3 Å². The zero-order chi connectivity index (χ0) is 18.7. The van der Waals surface area contributed by atoms with Gasteiger partial charge in [0.2, 0.25) is 0 Å².